The fourth-order valence-electron chi connectivity index (χ4n) is 2.42. The second-order valence-electron chi connectivity index (χ2n) is 5.78. The third kappa shape index (κ3) is 6.35. The Kier molecular flexibility index (Phi) is 6.48. The molecular weight excluding hydrogens is 374 g/mol. The van der Waals surface area contributed by atoms with Gasteiger partial charge in [-0.25, -0.2) is 13.1 Å². The molecule has 0 aromatic heterocycles. The number of nitrogens with one attached hydrogen (secondary N) is 2. The number of non-ortho nitro benzene ring substituents is 1. The van der Waals surface area contributed by atoms with Crippen molar-refractivity contribution >= 4 is 27.3 Å². The van der Waals surface area contributed by atoms with Gasteiger partial charge in [-0.05, 0) is 23.8 Å². The minimum Gasteiger partial charge on any atom is -0.497 e. The van der Waals surface area contributed by atoms with Crippen LogP contribution in [-0.4, -0.2) is 32.6 Å². The Morgan fingerprint density at radius 2 is 1.89 bits per heavy atom. The molecule has 2 N–H and O–H groups in total. The number of carbonyl (C=O) groups excluding carboxylic acids is 1. The molecule has 0 radical (unpaired) electrons. The molecule has 0 heterocycles. The van der Waals surface area contributed by atoms with Crippen molar-refractivity contribution < 1.29 is 22.9 Å². The predicted molar refractivity (Wildman–Crippen MR) is 100 cm³/mol. The van der Waals surface area contributed by atoms with E-state index in [-0.39, 0.29) is 17.8 Å². The Hall–Kier alpha value is -2.98. The lowest BCUT2D eigenvalue weighted by atomic mass is 10.0. The van der Waals surface area contributed by atoms with Gasteiger partial charge in [-0.15, -0.1) is 0 Å². The topological polar surface area (TPSA) is 128 Å². The summed E-state index contributed by atoms with van der Waals surface area (Å²) in [6.45, 7) is 0. The number of nitro benzene ring substituents is 1. The molecule has 0 aliphatic carbocycles. The van der Waals surface area contributed by atoms with Gasteiger partial charge in [0.25, 0.3) is 5.69 Å². The van der Waals surface area contributed by atoms with Crippen LogP contribution in [-0.2, 0) is 14.8 Å². The first-order chi connectivity index (χ1) is 12.7. The molecule has 0 saturated carbocycles. The van der Waals surface area contributed by atoms with Crippen molar-refractivity contribution in [3.05, 3.63) is 64.2 Å². The van der Waals surface area contributed by atoms with E-state index in [0.29, 0.717) is 11.3 Å². The smallest absolute Gasteiger partial charge is 0.271 e. The number of ether oxygens (including phenoxy) is 1. The number of hydrogen-bond acceptors (Lipinski definition) is 6. The minimum absolute atomic E-state index is 0.159. The van der Waals surface area contributed by atoms with Crippen LogP contribution in [0.5, 0.6) is 5.75 Å². The lowest BCUT2D eigenvalue weighted by Gasteiger charge is -2.18. The molecule has 2 aromatic rings. The third-order valence-electron chi connectivity index (χ3n) is 3.60. The standard InChI is InChI=1S/C17H19N3O6S/c1-26-15-8-6-12(7-9-15)16(19-27(2,24)25)11-17(21)18-13-4-3-5-14(10-13)20(22)23/h3-10,16,19H,11H2,1-2H3,(H,18,21). The van der Waals surface area contributed by atoms with Gasteiger partial charge in [-0.2, -0.15) is 0 Å². The first-order valence-corrected chi connectivity index (χ1v) is 9.72. The molecule has 9 nitrogen and oxygen atoms in total. The molecule has 1 unspecified atom stereocenters. The lowest BCUT2D eigenvalue weighted by molar-refractivity contribution is -0.384. The van der Waals surface area contributed by atoms with Crippen LogP contribution in [0.2, 0.25) is 0 Å². The van der Waals surface area contributed by atoms with Gasteiger partial charge in [0.05, 0.1) is 24.3 Å². The van der Waals surface area contributed by atoms with Crippen LogP contribution < -0.4 is 14.8 Å². The van der Waals surface area contributed by atoms with Gasteiger partial charge in [0.15, 0.2) is 0 Å². The van der Waals surface area contributed by atoms with Crippen LogP contribution in [0, 0.1) is 10.1 Å². The zero-order valence-corrected chi connectivity index (χ0v) is 15.5. The van der Waals surface area contributed by atoms with E-state index < -0.39 is 26.9 Å². The molecule has 0 aliphatic heterocycles. The maximum absolute atomic E-state index is 12.3. The van der Waals surface area contributed by atoms with Gasteiger partial charge in [0, 0.05) is 24.2 Å². The molecule has 0 bridgehead atoms. The number of amides is 1. The molecule has 1 amide bonds. The van der Waals surface area contributed by atoms with Gasteiger partial charge >= 0.3 is 0 Å². The summed E-state index contributed by atoms with van der Waals surface area (Å²) in [5.74, 6) is 0.102. The van der Waals surface area contributed by atoms with E-state index in [9.17, 15) is 23.3 Å². The van der Waals surface area contributed by atoms with Gasteiger partial charge in [0.1, 0.15) is 5.75 Å². The Morgan fingerprint density at radius 3 is 2.44 bits per heavy atom. The lowest BCUT2D eigenvalue weighted by Crippen LogP contribution is -2.30. The zero-order chi connectivity index (χ0) is 20.0. The van der Waals surface area contributed by atoms with Crippen LogP contribution in [0.4, 0.5) is 11.4 Å². The Bertz CT molecular complexity index is 928. The van der Waals surface area contributed by atoms with Crippen LogP contribution in [0.15, 0.2) is 48.5 Å². The second kappa shape index (κ2) is 8.60. The largest absolute Gasteiger partial charge is 0.497 e. The SMILES string of the molecule is COc1ccc(C(CC(=O)Nc2cccc([N+](=O)[O-])c2)NS(C)(=O)=O)cc1. The quantitative estimate of drug-likeness (QED) is 0.523. The van der Waals surface area contributed by atoms with Crippen LogP contribution in [0.3, 0.4) is 0 Å². The Balaban J connectivity index is 2.17. The number of nitro groups is 1. The fourth-order valence-corrected chi connectivity index (χ4v) is 3.15. The van der Waals surface area contributed by atoms with E-state index in [0.717, 1.165) is 6.26 Å². The first kappa shape index (κ1) is 20.3. The van der Waals surface area contributed by atoms with Crippen molar-refractivity contribution in [2.24, 2.45) is 0 Å². The number of rotatable bonds is 8. The summed E-state index contributed by atoms with van der Waals surface area (Å²) < 4.78 is 30.8. The molecule has 0 saturated heterocycles. The van der Waals surface area contributed by atoms with E-state index in [1.165, 1.54) is 31.4 Å². The van der Waals surface area contributed by atoms with Gasteiger partial charge < -0.3 is 10.1 Å². The molecule has 144 valence electrons. The molecule has 2 rings (SSSR count). The zero-order valence-electron chi connectivity index (χ0n) is 14.7. The summed E-state index contributed by atoms with van der Waals surface area (Å²) in [5, 5.41) is 13.4. The summed E-state index contributed by atoms with van der Waals surface area (Å²) >= 11 is 0. The molecular formula is C17H19N3O6S. The van der Waals surface area contributed by atoms with Gasteiger partial charge in [-0.3, -0.25) is 14.9 Å². The highest BCUT2D eigenvalue weighted by molar-refractivity contribution is 7.88. The third-order valence-corrected chi connectivity index (χ3v) is 4.32. The normalized spacial score (nSPS) is 12.2. The number of carbonyl (C=O) groups is 1. The second-order valence-corrected chi connectivity index (χ2v) is 7.56. The number of anilines is 1. The number of nitrogens with zero attached hydrogens (tertiary/aromatic N) is 1. The van der Waals surface area contributed by atoms with Crippen LogP contribution in [0.25, 0.3) is 0 Å². The maximum atomic E-state index is 12.3. The molecule has 10 heteroatoms. The average Bonchev–Trinajstić information content (AvgIpc) is 2.60. The highest BCUT2D eigenvalue weighted by atomic mass is 32.2. The Labute approximate surface area is 156 Å². The van der Waals surface area contributed by atoms with Crippen molar-refractivity contribution in [2.75, 3.05) is 18.7 Å². The highest BCUT2D eigenvalue weighted by Crippen LogP contribution is 2.23. The van der Waals surface area contributed by atoms with Crippen LogP contribution in [0.1, 0.15) is 18.0 Å². The van der Waals surface area contributed by atoms with E-state index in [1.807, 2.05) is 0 Å². The summed E-state index contributed by atoms with van der Waals surface area (Å²) in [4.78, 5) is 22.6. The average molecular weight is 393 g/mol. The van der Waals surface area contributed by atoms with Gasteiger partial charge in [0.2, 0.25) is 15.9 Å². The maximum Gasteiger partial charge on any atom is 0.271 e. The summed E-state index contributed by atoms with van der Waals surface area (Å²) in [6.07, 6.45) is 0.810. The summed E-state index contributed by atoms with van der Waals surface area (Å²) in [6, 6.07) is 11.3. The van der Waals surface area contributed by atoms with Gasteiger partial charge in [-0.1, -0.05) is 18.2 Å². The van der Waals surface area contributed by atoms with E-state index >= 15 is 0 Å². The molecule has 27 heavy (non-hydrogen) atoms. The molecule has 0 fully saturated rings. The fraction of sp³-hybridized carbons (Fsp3) is 0.235. The van der Waals surface area contributed by atoms with E-state index in [2.05, 4.69) is 10.0 Å². The van der Waals surface area contributed by atoms with Crippen molar-refractivity contribution in [3.63, 3.8) is 0 Å². The van der Waals surface area contributed by atoms with Crippen LogP contribution >= 0.6 is 0 Å². The summed E-state index contributed by atoms with van der Waals surface area (Å²) in [5.41, 5.74) is 0.672. The molecule has 0 aliphatic rings. The van der Waals surface area contributed by atoms with Crippen molar-refractivity contribution in [2.45, 2.75) is 12.5 Å². The number of benzene rings is 2. The van der Waals surface area contributed by atoms with Crippen molar-refractivity contribution in [1.29, 1.82) is 0 Å². The summed E-state index contributed by atoms with van der Waals surface area (Å²) in [7, 11) is -2.07. The number of sulfonamides is 1. The monoisotopic (exact) mass is 393 g/mol. The minimum atomic E-state index is -3.57. The number of hydrogen-bond donors (Lipinski definition) is 2. The van der Waals surface area contributed by atoms with Crippen molar-refractivity contribution in [1.82, 2.24) is 4.72 Å². The highest BCUT2D eigenvalue weighted by Gasteiger charge is 2.20. The molecule has 0 spiro atoms. The molecule has 1 atom stereocenters. The molecule has 2 aromatic carbocycles. The van der Waals surface area contributed by atoms with Crippen molar-refractivity contribution in [3.8, 4) is 5.75 Å². The first-order valence-electron chi connectivity index (χ1n) is 7.83. The van der Waals surface area contributed by atoms with E-state index in [1.54, 1.807) is 24.3 Å². The van der Waals surface area contributed by atoms with E-state index in [4.69, 9.17) is 4.74 Å². The number of methoxy groups -OCH3 is 1. The predicted octanol–water partition coefficient (Wildman–Crippen LogP) is 2.22. The Morgan fingerprint density at radius 1 is 1.22 bits per heavy atom.